The molecule has 32 heavy (non-hydrogen) atoms. The number of benzene rings is 3. The highest BCUT2D eigenvalue weighted by molar-refractivity contribution is 7.89. The van der Waals surface area contributed by atoms with Gasteiger partial charge in [0.15, 0.2) is 0 Å². The summed E-state index contributed by atoms with van der Waals surface area (Å²) in [4.78, 5) is 22.8. The molecule has 0 aliphatic carbocycles. The number of halogens is 1. The zero-order valence-corrected chi connectivity index (χ0v) is 18.9. The predicted octanol–water partition coefficient (Wildman–Crippen LogP) is 3.79. The molecule has 3 N–H and O–H groups in total. The Morgan fingerprint density at radius 2 is 1.66 bits per heavy atom. The predicted molar refractivity (Wildman–Crippen MR) is 124 cm³/mol. The lowest BCUT2D eigenvalue weighted by Crippen LogP contribution is -2.30. The number of hydrogen-bond donors (Lipinski definition) is 2. The third kappa shape index (κ3) is 5.73. The maximum atomic E-state index is 13.5. The van der Waals surface area contributed by atoms with Crippen molar-refractivity contribution in [1.29, 1.82) is 0 Å². The van der Waals surface area contributed by atoms with E-state index in [1.807, 2.05) is 0 Å². The summed E-state index contributed by atoms with van der Waals surface area (Å²) in [7, 11) is -3.95. The maximum absolute atomic E-state index is 13.5. The van der Waals surface area contributed by atoms with Crippen LogP contribution in [0.3, 0.4) is 0 Å². The fraction of sp³-hybridized carbons (Fsp3) is 0.130. The first-order valence-corrected chi connectivity index (χ1v) is 11.5. The topological polar surface area (TPSA) is 110 Å². The molecule has 3 rings (SSSR count). The van der Waals surface area contributed by atoms with E-state index in [0.717, 1.165) is 0 Å². The minimum absolute atomic E-state index is 0.00211. The zero-order chi connectivity index (χ0) is 23.3. The molecular weight excluding hydrogens is 450 g/mol. The van der Waals surface area contributed by atoms with Gasteiger partial charge in [-0.25, -0.2) is 8.42 Å². The number of amides is 2. The Morgan fingerprint density at radius 3 is 2.28 bits per heavy atom. The van der Waals surface area contributed by atoms with Crippen LogP contribution in [0.2, 0.25) is 5.02 Å². The summed E-state index contributed by atoms with van der Waals surface area (Å²) in [5.41, 5.74) is 7.38. The molecule has 0 fully saturated rings. The number of nitrogens with one attached hydrogen (secondary N) is 1. The largest absolute Gasteiger partial charge is 0.366 e. The lowest BCUT2D eigenvalue weighted by Gasteiger charge is -2.23. The van der Waals surface area contributed by atoms with Gasteiger partial charge >= 0.3 is 0 Å². The first-order chi connectivity index (χ1) is 15.2. The monoisotopic (exact) mass is 471 g/mol. The zero-order valence-electron chi connectivity index (χ0n) is 17.3. The maximum Gasteiger partial charge on any atom is 0.248 e. The molecule has 2 amide bonds. The fourth-order valence-corrected chi connectivity index (χ4v) is 4.73. The van der Waals surface area contributed by atoms with Crippen molar-refractivity contribution in [3.63, 3.8) is 0 Å². The first-order valence-electron chi connectivity index (χ1n) is 9.67. The molecule has 0 saturated carbocycles. The number of nitrogens with two attached hydrogens (primary N) is 1. The van der Waals surface area contributed by atoms with E-state index in [-0.39, 0.29) is 29.5 Å². The molecule has 0 spiro atoms. The van der Waals surface area contributed by atoms with E-state index < -0.39 is 15.9 Å². The van der Waals surface area contributed by atoms with Crippen molar-refractivity contribution in [1.82, 2.24) is 4.31 Å². The molecule has 0 heterocycles. The van der Waals surface area contributed by atoms with Crippen molar-refractivity contribution in [2.45, 2.75) is 24.9 Å². The number of sulfonamides is 1. The van der Waals surface area contributed by atoms with Crippen molar-refractivity contribution in [3.05, 3.63) is 94.5 Å². The number of rotatable bonds is 8. The number of nitrogens with zero attached hydrogens (tertiary/aromatic N) is 1. The fourth-order valence-electron chi connectivity index (χ4n) is 3.13. The van der Waals surface area contributed by atoms with E-state index in [0.29, 0.717) is 21.8 Å². The molecule has 7 nitrogen and oxygen atoms in total. The Morgan fingerprint density at radius 1 is 0.969 bits per heavy atom. The third-order valence-electron chi connectivity index (χ3n) is 4.69. The Balaban J connectivity index is 1.98. The summed E-state index contributed by atoms with van der Waals surface area (Å²) in [6.07, 6.45) is 0. The number of primary amides is 1. The van der Waals surface area contributed by atoms with Gasteiger partial charge in [-0.2, -0.15) is 4.31 Å². The van der Waals surface area contributed by atoms with Crippen LogP contribution in [0, 0.1) is 0 Å². The van der Waals surface area contributed by atoms with Gasteiger partial charge in [0.2, 0.25) is 21.8 Å². The summed E-state index contributed by atoms with van der Waals surface area (Å²) in [6, 6.07) is 19.4. The Labute approximate surface area is 191 Å². The molecule has 0 radical (unpaired) electrons. The molecule has 0 bridgehead atoms. The second-order valence-corrected chi connectivity index (χ2v) is 9.48. The number of carbonyl (C=O) groups is 2. The molecule has 0 saturated heterocycles. The van der Waals surface area contributed by atoms with Gasteiger partial charge in [-0.3, -0.25) is 9.59 Å². The van der Waals surface area contributed by atoms with Crippen molar-refractivity contribution < 1.29 is 18.0 Å². The van der Waals surface area contributed by atoms with Gasteiger partial charge in [-0.05, 0) is 53.6 Å². The molecule has 3 aromatic carbocycles. The van der Waals surface area contributed by atoms with Gasteiger partial charge < -0.3 is 11.1 Å². The van der Waals surface area contributed by atoms with E-state index in [4.69, 9.17) is 17.3 Å². The van der Waals surface area contributed by atoms with Crippen LogP contribution < -0.4 is 11.1 Å². The van der Waals surface area contributed by atoms with Crippen molar-refractivity contribution in [3.8, 4) is 0 Å². The molecule has 0 aliphatic heterocycles. The summed E-state index contributed by atoms with van der Waals surface area (Å²) < 4.78 is 28.3. The van der Waals surface area contributed by atoms with Crippen LogP contribution in [0.1, 0.15) is 28.4 Å². The van der Waals surface area contributed by atoms with Gasteiger partial charge in [0, 0.05) is 36.3 Å². The van der Waals surface area contributed by atoms with Crippen molar-refractivity contribution >= 4 is 39.1 Å². The molecule has 9 heteroatoms. The van der Waals surface area contributed by atoms with E-state index in [9.17, 15) is 18.0 Å². The Bertz CT molecular complexity index is 1240. The van der Waals surface area contributed by atoms with E-state index in [2.05, 4.69) is 5.32 Å². The minimum atomic E-state index is -3.95. The van der Waals surface area contributed by atoms with Crippen LogP contribution in [0.15, 0.2) is 77.7 Å². The van der Waals surface area contributed by atoms with E-state index >= 15 is 0 Å². The highest BCUT2D eigenvalue weighted by Gasteiger charge is 2.26. The number of anilines is 1. The molecule has 3 aromatic rings. The first kappa shape index (κ1) is 23.5. The summed E-state index contributed by atoms with van der Waals surface area (Å²) in [5, 5.41) is 3.05. The van der Waals surface area contributed by atoms with Crippen molar-refractivity contribution in [2.24, 2.45) is 5.73 Å². The Kier molecular flexibility index (Phi) is 7.29. The molecular formula is C23H22ClN3O4S. The van der Waals surface area contributed by atoms with Crippen molar-refractivity contribution in [2.75, 3.05) is 5.32 Å². The normalized spacial score (nSPS) is 11.3. The average molecular weight is 472 g/mol. The second-order valence-electron chi connectivity index (χ2n) is 7.13. The standard InChI is InChI=1S/C23H22ClN3O4S/c1-16(28)26-20-9-11-21(12-10-20)32(30,31)27(15-19-6-2-3-8-22(19)24)14-17-5-4-7-18(13-17)23(25)29/h2-13H,14-15H2,1H3,(H2,25,29)(H,26,28). The van der Waals surface area contributed by atoms with E-state index in [1.54, 1.807) is 48.5 Å². The number of hydrogen-bond acceptors (Lipinski definition) is 4. The quantitative estimate of drug-likeness (QED) is 0.520. The van der Waals surface area contributed by atoms with Gasteiger partial charge in [0.1, 0.15) is 0 Å². The lowest BCUT2D eigenvalue weighted by molar-refractivity contribution is -0.114. The highest BCUT2D eigenvalue weighted by atomic mass is 35.5. The molecule has 0 unspecified atom stereocenters. The van der Waals surface area contributed by atoms with Crippen LogP contribution in [-0.4, -0.2) is 24.5 Å². The highest BCUT2D eigenvalue weighted by Crippen LogP contribution is 2.25. The number of carbonyl (C=O) groups excluding carboxylic acids is 2. The SMILES string of the molecule is CC(=O)Nc1ccc(S(=O)(=O)N(Cc2cccc(C(N)=O)c2)Cc2ccccc2Cl)cc1. The van der Waals surface area contributed by atoms with Gasteiger partial charge in [0.25, 0.3) is 0 Å². The summed E-state index contributed by atoms with van der Waals surface area (Å²) in [5.74, 6) is -0.851. The van der Waals surface area contributed by atoms with Gasteiger partial charge in [-0.1, -0.05) is 41.9 Å². The van der Waals surface area contributed by atoms with Crippen LogP contribution in [0.4, 0.5) is 5.69 Å². The summed E-state index contributed by atoms with van der Waals surface area (Å²) >= 11 is 6.28. The van der Waals surface area contributed by atoms with Crippen LogP contribution >= 0.6 is 11.6 Å². The Hall–Kier alpha value is -3.20. The lowest BCUT2D eigenvalue weighted by atomic mass is 10.1. The van der Waals surface area contributed by atoms with Crippen LogP contribution in [-0.2, 0) is 27.9 Å². The smallest absolute Gasteiger partial charge is 0.248 e. The van der Waals surface area contributed by atoms with Crippen LogP contribution in [0.5, 0.6) is 0 Å². The van der Waals surface area contributed by atoms with Crippen LogP contribution in [0.25, 0.3) is 0 Å². The third-order valence-corrected chi connectivity index (χ3v) is 6.86. The van der Waals surface area contributed by atoms with E-state index in [1.165, 1.54) is 35.5 Å². The van der Waals surface area contributed by atoms with Gasteiger partial charge in [-0.15, -0.1) is 0 Å². The molecule has 166 valence electrons. The molecule has 0 aromatic heterocycles. The van der Waals surface area contributed by atoms with Gasteiger partial charge in [0.05, 0.1) is 4.90 Å². The second kappa shape index (κ2) is 9.95. The molecule has 0 atom stereocenters. The average Bonchev–Trinajstić information content (AvgIpc) is 2.75. The minimum Gasteiger partial charge on any atom is -0.366 e. The molecule has 0 aliphatic rings. The summed E-state index contributed by atoms with van der Waals surface area (Å²) in [6.45, 7) is 1.40.